The molecule has 2 rings (SSSR count). The van der Waals surface area contributed by atoms with E-state index in [2.05, 4.69) is 38.0 Å². The van der Waals surface area contributed by atoms with Crippen molar-refractivity contribution in [3.63, 3.8) is 0 Å². The van der Waals surface area contributed by atoms with Gasteiger partial charge in [-0.1, -0.05) is 33.6 Å². The Morgan fingerprint density at radius 1 is 1.16 bits per heavy atom. The van der Waals surface area contributed by atoms with Gasteiger partial charge in [-0.3, -0.25) is 0 Å². The predicted molar refractivity (Wildman–Crippen MR) is 83.4 cm³/mol. The van der Waals surface area contributed by atoms with E-state index >= 15 is 0 Å². The Bertz CT molecular complexity index is 274. The largest absolute Gasteiger partial charge is 0.319 e. The van der Waals surface area contributed by atoms with Crippen LogP contribution < -0.4 is 5.32 Å². The second kappa shape index (κ2) is 6.58. The van der Waals surface area contributed by atoms with Crippen LogP contribution in [0.3, 0.4) is 0 Å². The van der Waals surface area contributed by atoms with Gasteiger partial charge in [0.05, 0.1) is 0 Å². The molecule has 0 amide bonds. The van der Waals surface area contributed by atoms with Gasteiger partial charge in [0.25, 0.3) is 0 Å². The summed E-state index contributed by atoms with van der Waals surface area (Å²) in [6.45, 7) is 12.5. The maximum atomic E-state index is 3.48. The van der Waals surface area contributed by atoms with Crippen LogP contribution >= 0.6 is 0 Å². The molecule has 2 nitrogen and oxygen atoms in total. The van der Waals surface area contributed by atoms with Crippen LogP contribution in [-0.4, -0.2) is 38.1 Å². The van der Waals surface area contributed by atoms with E-state index in [0.29, 0.717) is 5.41 Å². The first-order valence-corrected chi connectivity index (χ1v) is 8.41. The highest BCUT2D eigenvalue weighted by Crippen LogP contribution is 2.40. The van der Waals surface area contributed by atoms with Crippen molar-refractivity contribution in [2.75, 3.05) is 33.2 Å². The Balaban J connectivity index is 1.96. The highest BCUT2D eigenvalue weighted by molar-refractivity contribution is 4.91. The van der Waals surface area contributed by atoms with Crippen molar-refractivity contribution in [2.24, 2.45) is 23.2 Å². The summed E-state index contributed by atoms with van der Waals surface area (Å²) < 4.78 is 0. The van der Waals surface area contributed by atoms with Crippen LogP contribution in [0.5, 0.6) is 0 Å². The molecule has 0 aromatic carbocycles. The van der Waals surface area contributed by atoms with Gasteiger partial charge in [0.2, 0.25) is 0 Å². The summed E-state index contributed by atoms with van der Waals surface area (Å²) in [7, 11) is 2.13. The monoisotopic (exact) mass is 266 g/mol. The van der Waals surface area contributed by atoms with Crippen molar-refractivity contribution in [2.45, 2.75) is 52.9 Å². The summed E-state index contributed by atoms with van der Waals surface area (Å²) in [6.07, 6.45) is 7.13. The summed E-state index contributed by atoms with van der Waals surface area (Å²) in [5, 5.41) is 3.48. The minimum atomic E-state index is 0.548. The molecular weight excluding hydrogens is 232 g/mol. The van der Waals surface area contributed by atoms with Crippen molar-refractivity contribution < 1.29 is 0 Å². The molecule has 0 radical (unpaired) electrons. The summed E-state index contributed by atoms with van der Waals surface area (Å²) in [4.78, 5) is 2.76. The lowest BCUT2D eigenvalue weighted by Crippen LogP contribution is -2.49. The number of rotatable bonds is 4. The average Bonchev–Trinajstić information content (AvgIpc) is 2.34. The molecule has 1 saturated heterocycles. The lowest BCUT2D eigenvalue weighted by atomic mass is 9.69. The molecular formula is C17H34N2. The molecule has 4 atom stereocenters. The zero-order valence-electron chi connectivity index (χ0n) is 13.5. The Hall–Kier alpha value is -0.0800. The molecule has 112 valence electrons. The molecule has 19 heavy (non-hydrogen) atoms. The van der Waals surface area contributed by atoms with E-state index in [4.69, 9.17) is 0 Å². The first kappa shape index (κ1) is 15.3. The molecule has 1 aliphatic carbocycles. The van der Waals surface area contributed by atoms with E-state index in [1.54, 1.807) is 0 Å². The SMILES string of the molecule is CNCC1(CN2CCC(C)C(C)C2)CCCC(C)C1. The molecule has 0 aromatic heterocycles. The van der Waals surface area contributed by atoms with Crippen molar-refractivity contribution in [1.82, 2.24) is 10.2 Å². The van der Waals surface area contributed by atoms with E-state index in [9.17, 15) is 0 Å². The second-order valence-electron chi connectivity index (χ2n) is 7.71. The quantitative estimate of drug-likeness (QED) is 0.839. The average molecular weight is 266 g/mol. The Labute approximate surface area is 120 Å². The summed E-state index contributed by atoms with van der Waals surface area (Å²) in [5.41, 5.74) is 0.548. The van der Waals surface area contributed by atoms with Gasteiger partial charge in [0, 0.05) is 19.6 Å². The Morgan fingerprint density at radius 3 is 2.58 bits per heavy atom. The van der Waals surface area contributed by atoms with Gasteiger partial charge in [0.15, 0.2) is 0 Å². The Kier molecular flexibility index (Phi) is 5.30. The number of nitrogens with one attached hydrogen (secondary N) is 1. The predicted octanol–water partition coefficient (Wildman–Crippen LogP) is 3.38. The zero-order valence-corrected chi connectivity index (χ0v) is 13.5. The number of piperidine rings is 1. The van der Waals surface area contributed by atoms with Crippen LogP contribution in [0.4, 0.5) is 0 Å². The molecule has 2 fully saturated rings. The molecule has 0 aromatic rings. The fourth-order valence-corrected chi connectivity index (χ4v) is 4.47. The van der Waals surface area contributed by atoms with Gasteiger partial charge < -0.3 is 10.2 Å². The third kappa shape index (κ3) is 3.95. The maximum Gasteiger partial charge on any atom is 0.00504 e. The van der Waals surface area contributed by atoms with Crippen molar-refractivity contribution in [3.05, 3.63) is 0 Å². The highest BCUT2D eigenvalue weighted by atomic mass is 15.1. The lowest BCUT2D eigenvalue weighted by Gasteiger charge is -2.46. The number of likely N-dealkylation sites (tertiary alicyclic amines) is 1. The topological polar surface area (TPSA) is 15.3 Å². The van der Waals surface area contributed by atoms with Crippen molar-refractivity contribution in [3.8, 4) is 0 Å². The molecule has 1 N–H and O–H groups in total. The molecule has 4 unspecified atom stereocenters. The molecule has 1 aliphatic heterocycles. The third-order valence-corrected chi connectivity index (χ3v) is 5.71. The summed E-state index contributed by atoms with van der Waals surface area (Å²) >= 11 is 0. The standard InChI is InChI=1S/C17H34N2/c1-14-6-5-8-17(10-14,12-18-4)13-19-9-7-15(2)16(3)11-19/h14-16,18H,5-13H2,1-4H3. The van der Waals surface area contributed by atoms with Gasteiger partial charge in [-0.05, 0) is 56.0 Å². The molecule has 1 saturated carbocycles. The van der Waals surface area contributed by atoms with Crippen LogP contribution in [0.1, 0.15) is 52.9 Å². The molecule has 2 aliphatic rings. The first-order chi connectivity index (χ1) is 9.04. The maximum absolute atomic E-state index is 3.48. The Morgan fingerprint density at radius 2 is 1.95 bits per heavy atom. The van der Waals surface area contributed by atoms with Gasteiger partial charge >= 0.3 is 0 Å². The fourth-order valence-electron chi connectivity index (χ4n) is 4.47. The van der Waals surface area contributed by atoms with Gasteiger partial charge in [0.1, 0.15) is 0 Å². The van der Waals surface area contributed by atoms with Crippen LogP contribution in [0, 0.1) is 23.2 Å². The minimum Gasteiger partial charge on any atom is -0.319 e. The van der Waals surface area contributed by atoms with E-state index in [1.165, 1.54) is 58.3 Å². The van der Waals surface area contributed by atoms with E-state index in [0.717, 1.165) is 17.8 Å². The van der Waals surface area contributed by atoms with Gasteiger partial charge in [-0.25, -0.2) is 0 Å². The normalized spacial score (nSPS) is 41.4. The van der Waals surface area contributed by atoms with Gasteiger partial charge in [-0.2, -0.15) is 0 Å². The van der Waals surface area contributed by atoms with E-state index in [-0.39, 0.29) is 0 Å². The first-order valence-electron chi connectivity index (χ1n) is 8.41. The molecule has 2 heteroatoms. The molecule has 0 bridgehead atoms. The van der Waals surface area contributed by atoms with Crippen molar-refractivity contribution in [1.29, 1.82) is 0 Å². The van der Waals surface area contributed by atoms with E-state index in [1.807, 2.05) is 0 Å². The highest BCUT2D eigenvalue weighted by Gasteiger charge is 2.37. The van der Waals surface area contributed by atoms with Gasteiger partial charge in [-0.15, -0.1) is 0 Å². The summed E-state index contributed by atoms with van der Waals surface area (Å²) in [6, 6.07) is 0. The van der Waals surface area contributed by atoms with Crippen LogP contribution in [0.2, 0.25) is 0 Å². The number of hydrogen-bond acceptors (Lipinski definition) is 2. The smallest absolute Gasteiger partial charge is 0.00504 e. The van der Waals surface area contributed by atoms with E-state index < -0.39 is 0 Å². The van der Waals surface area contributed by atoms with Crippen LogP contribution in [0.25, 0.3) is 0 Å². The van der Waals surface area contributed by atoms with Crippen molar-refractivity contribution >= 4 is 0 Å². The van der Waals surface area contributed by atoms with Crippen LogP contribution in [-0.2, 0) is 0 Å². The minimum absolute atomic E-state index is 0.548. The zero-order chi connectivity index (χ0) is 13.9. The lowest BCUT2D eigenvalue weighted by molar-refractivity contribution is 0.0474. The second-order valence-corrected chi connectivity index (χ2v) is 7.71. The number of nitrogens with zero attached hydrogens (tertiary/aromatic N) is 1. The van der Waals surface area contributed by atoms with Crippen LogP contribution in [0.15, 0.2) is 0 Å². The summed E-state index contributed by atoms with van der Waals surface area (Å²) in [5.74, 6) is 2.71. The third-order valence-electron chi connectivity index (χ3n) is 5.71. The fraction of sp³-hybridized carbons (Fsp3) is 1.00. The molecule has 1 heterocycles. The molecule has 0 spiro atoms. The number of hydrogen-bond donors (Lipinski definition) is 1.